The Morgan fingerprint density at radius 2 is 1.04 bits per heavy atom. The van der Waals surface area contributed by atoms with Gasteiger partial charge in [-0.25, -0.2) is 0 Å². The Labute approximate surface area is 139 Å². The van der Waals surface area contributed by atoms with Crippen LogP contribution >= 0.6 is 11.3 Å². The van der Waals surface area contributed by atoms with Crippen LogP contribution in [-0.2, 0) is 0 Å². The van der Waals surface area contributed by atoms with Gasteiger partial charge in [0.05, 0.1) is 23.8 Å². The molecule has 0 atom stereocenters. The van der Waals surface area contributed by atoms with E-state index >= 15 is 0 Å². The molecule has 0 amide bonds. The first-order valence-electron chi connectivity index (χ1n) is 7.18. The average molecular weight is 320 g/mol. The Morgan fingerprint density at radius 1 is 0.609 bits per heavy atom. The fourth-order valence-electron chi connectivity index (χ4n) is 1.87. The van der Waals surface area contributed by atoms with Crippen molar-refractivity contribution in [2.24, 2.45) is 10.2 Å². The van der Waals surface area contributed by atoms with Crippen LogP contribution in [0.25, 0.3) is 0 Å². The zero-order valence-corrected chi connectivity index (χ0v) is 13.2. The summed E-state index contributed by atoms with van der Waals surface area (Å²) in [6, 6.07) is 23.8. The number of anilines is 2. The van der Waals surface area contributed by atoms with Crippen LogP contribution in [0.15, 0.2) is 83.0 Å². The molecule has 0 bridgehead atoms. The molecule has 3 aromatic rings. The minimum absolute atomic E-state index is 0.967. The average Bonchev–Trinajstić information content (AvgIpc) is 3.05. The van der Waals surface area contributed by atoms with Crippen LogP contribution in [0, 0.1) is 0 Å². The Kier molecular flexibility index (Phi) is 5.16. The van der Waals surface area contributed by atoms with Gasteiger partial charge in [0.2, 0.25) is 0 Å². The van der Waals surface area contributed by atoms with E-state index in [1.807, 2.05) is 72.8 Å². The molecule has 0 unspecified atom stereocenters. The van der Waals surface area contributed by atoms with Crippen LogP contribution in [0.3, 0.4) is 0 Å². The summed E-state index contributed by atoms with van der Waals surface area (Å²) in [6.45, 7) is 0. The highest BCUT2D eigenvalue weighted by Crippen LogP contribution is 2.13. The molecule has 1 aromatic heterocycles. The molecule has 0 aliphatic heterocycles. The molecule has 0 fully saturated rings. The van der Waals surface area contributed by atoms with E-state index in [2.05, 4.69) is 21.1 Å². The van der Waals surface area contributed by atoms with Gasteiger partial charge in [-0.1, -0.05) is 36.4 Å². The second kappa shape index (κ2) is 7.91. The molecule has 0 aliphatic carbocycles. The van der Waals surface area contributed by atoms with Gasteiger partial charge in [-0.05, 0) is 36.4 Å². The summed E-state index contributed by atoms with van der Waals surface area (Å²) in [4.78, 5) is 2.13. The lowest BCUT2D eigenvalue weighted by atomic mass is 10.3. The summed E-state index contributed by atoms with van der Waals surface area (Å²) in [5, 5.41) is 8.46. The van der Waals surface area contributed by atoms with Crippen LogP contribution in [0.4, 0.5) is 11.4 Å². The fraction of sp³-hybridized carbons (Fsp3) is 0. The van der Waals surface area contributed by atoms with Crippen molar-refractivity contribution in [3.63, 3.8) is 0 Å². The maximum Gasteiger partial charge on any atom is 0.0644 e. The van der Waals surface area contributed by atoms with E-state index in [0.29, 0.717) is 0 Å². The molecule has 2 N–H and O–H groups in total. The van der Waals surface area contributed by atoms with Gasteiger partial charge < -0.3 is 0 Å². The Balaban J connectivity index is 1.53. The zero-order chi connectivity index (χ0) is 15.7. The van der Waals surface area contributed by atoms with Crippen molar-refractivity contribution in [3.05, 3.63) is 82.6 Å². The third-order valence-electron chi connectivity index (χ3n) is 2.97. The lowest BCUT2D eigenvalue weighted by molar-refractivity contribution is 1.35. The van der Waals surface area contributed by atoms with E-state index in [4.69, 9.17) is 0 Å². The van der Waals surface area contributed by atoms with Crippen molar-refractivity contribution in [1.82, 2.24) is 0 Å². The molecular formula is C18H16N4S. The van der Waals surface area contributed by atoms with Crippen molar-refractivity contribution < 1.29 is 0 Å². The number of nitrogens with one attached hydrogen (secondary N) is 2. The van der Waals surface area contributed by atoms with Gasteiger partial charge in [-0.15, -0.1) is 11.3 Å². The Morgan fingerprint density at radius 3 is 1.48 bits per heavy atom. The lowest BCUT2D eigenvalue weighted by Crippen LogP contribution is -1.88. The van der Waals surface area contributed by atoms with Crippen molar-refractivity contribution in [2.45, 2.75) is 0 Å². The highest BCUT2D eigenvalue weighted by molar-refractivity contribution is 7.15. The van der Waals surface area contributed by atoms with E-state index in [1.165, 1.54) is 0 Å². The molecule has 0 radical (unpaired) electrons. The Bertz CT molecular complexity index is 713. The first-order valence-corrected chi connectivity index (χ1v) is 8.00. The maximum absolute atomic E-state index is 4.23. The van der Waals surface area contributed by atoms with E-state index in [-0.39, 0.29) is 0 Å². The summed E-state index contributed by atoms with van der Waals surface area (Å²) in [5.74, 6) is 0. The largest absolute Gasteiger partial charge is 0.278 e. The third-order valence-corrected chi connectivity index (χ3v) is 3.92. The van der Waals surface area contributed by atoms with Gasteiger partial charge in [0.25, 0.3) is 0 Å². The van der Waals surface area contributed by atoms with E-state index < -0.39 is 0 Å². The minimum Gasteiger partial charge on any atom is -0.278 e. The fourth-order valence-corrected chi connectivity index (χ4v) is 2.63. The summed E-state index contributed by atoms with van der Waals surface area (Å²) < 4.78 is 0. The van der Waals surface area contributed by atoms with Gasteiger partial charge in [0.1, 0.15) is 0 Å². The zero-order valence-electron chi connectivity index (χ0n) is 12.4. The number of para-hydroxylation sites is 2. The number of hydrogen-bond donors (Lipinski definition) is 2. The van der Waals surface area contributed by atoms with E-state index in [0.717, 1.165) is 21.1 Å². The predicted molar refractivity (Wildman–Crippen MR) is 99.6 cm³/mol. The van der Waals surface area contributed by atoms with Gasteiger partial charge in [0.15, 0.2) is 0 Å². The molecule has 0 aliphatic rings. The highest BCUT2D eigenvalue weighted by Gasteiger charge is 1.95. The smallest absolute Gasteiger partial charge is 0.0644 e. The lowest BCUT2D eigenvalue weighted by Gasteiger charge is -1.97. The number of nitrogens with zero attached hydrogens (tertiary/aromatic N) is 2. The number of hydrazone groups is 2. The normalized spacial score (nSPS) is 11.1. The monoisotopic (exact) mass is 320 g/mol. The quantitative estimate of drug-likeness (QED) is 0.513. The molecule has 0 spiro atoms. The van der Waals surface area contributed by atoms with E-state index in [9.17, 15) is 0 Å². The second-order valence-corrected chi connectivity index (χ2v) is 5.86. The first-order chi connectivity index (χ1) is 11.4. The molecule has 1 heterocycles. The van der Waals surface area contributed by atoms with Crippen molar-refractivity contribution in [2.75, 3.05) is 10.9 Å². The van der Waals surface area contributed by atoms with Crippen LogP contribution in [0.1, 0.15) is 9.75 Å². The van der Waals surface area contributed by atoms with Gasteiger partial charge in [-0.3, -0.25) is 10.9 Å². The van der Waals surface area contributed by atoms with Gasteiger partial charge in [-0.2, -0.15) is 10.2 Å². The second-order valence-electron chi connectivity index (χ2n) is 4.71. The third kappa shape index (κ3) is 4.79. The topological polar surface area (TPSA) is 48.8 Å². The standard InChI is InChI=1S/C18H16N4S/c1-3-7-15(8-4-1)21-19-13-17-11-12-18(23-17)14-20-22-16-9-5-2-6-10-16/h1-14,21-22H/b19-13+,20-14+. The molecule has 4 nitrogen and oxygen atoms in total. The first kappa shape index (κ1) is 15.0. The van der Waals surface area contributed by atoms with Crippen molar-refractivity contribution >= 4 is 35.1 Å². The molecule has 5 heteroatoms. The number of hydrogen-bond acceptors (Lipinski definition) is 5. The van der Waals surface area contributed by atoms with Crippen LogP contribution in [0.5, 0.6) is 0 Å². The Hall–Kier alpha value is -2.92. The summed E-state index contributed by atoms with van der Waals surface area (Å²) in [7, 11) is 0. The van der Waals surface area contributed by atoms with Gasteiger partial charge >= 0.3 is 0 Å². The molecule has 0 saturated heterocycles. The molecule has 3 rings (SSSR count). The number of thiophene rings is 1. The summed E-state index contributed by atoms with van der Waals surface area (Å²) >= 11 is 1.62. The molecule has 2 aromatic carbocycles. The van der Waals surface area contributed by atoms with E-state index in [1.54, 1.807) is 23.8 Å². The molecule has 23 heavy (non-hydrogen) atoms. The van der Waals surface area contributed by atoms with Crippen LogP contribution < -0.4 is 10.9 Å². The van der Waals surface area contributed by atoms with Crippen LogP contribution in [0.2, 0.25) is 0 Å². The predicted octanol–water partition coefficient (Wildman–Crippen LogP) is 4.64. The minimum atomic E-state index is 0.967. The highest BCUT2D eigenvalue weighted by atomic mass is 32.1. The number of rotatable bonds is 6. The maximum atomic E-state index is 4.23. The van der Waals surface area contributed by atoms with Crippen LogP contribution in [-0.4, -0.2) is 12.4 Å². The van der Waals surface area contributed by atoms with Crippen molar-refractivity contribution in [3.8, 4) is 0 Å². The molecular weight excluding hydrogens is 304 g/mol. The summed E-state index contributed by atoms with van der Waals surface area (Å²) in [5.41, 5.74) is 7.93. The summed E-state index contributed by atoms with van der Waals surface area (Å²) in [6.07, 6.45) is 3.61. The molecule has 114 valence electrons. The number of benzene rings is 2. The SMILES string of the molecule is C(=N\Nc1ccccc1)/c1ccc(/C=N/Nc2ccccc2)s1. The molecule has 0 saturated carbocycles. The van der Waals surface area contributed by atoms with Crippen molar-refractivity contribution in [1.29, 1.82) is 0 Å². The van der Waals surface area contributed by atoms with Gasteiger partial charge in [0, 0.05) is 9.75 Å².